The summed E-state index contributed by atoms with van der Waals surface area (Å²) in [4.78, 5) is 2.42. The maximum absolute atomic E-state index is 3.83. The predicted octanol–water partition coefficient (Wildman–Crippen LogP) is 7.89. The van der Waals surface area contributed by atoms with Gasteiger partial charge in [0.05, 0.1) is 0 Å². The van der Waals surface area contributed by atoms with Gasteiger partial charge in [0.25, 0.3) is 0 Å². The Morgan fingerprint density at radius 3 is 1.84 bits per heavy atom. The van der Waals surface area contributed by atoms with Crippen molar-refractivity contribution in [2.45, 2.75) is 90.5 Å². The van der Waals surface area contributed by atoms with Gasteiger partial charge in [-0.2, -0.15) is 0 Å². The molecule has 0 fully saturated rings. The highest BCUT2D eigenvalue weighted by Gasteiger charge is 2.23. The highest BCUT2D eigenvalue weighted by Crippen LogP contribution is 2.27. The van der Waals surface area contributed by atoms with Crippen molar-refractivity contribution in [1.29, 1.82) is 0 Å². The summed E-state index contributed by atoms with van der Waals surface area (Å²) in [6.07, 6.45) is 15.7. The van der Waals surface area contributed by atoms with E-state index in [0.29, 0.717) is 0 Å². The van der Waals surface area contributed by atoms with Gasteiger partial charge in [0.1, 0.15) is 0 Å². The van der Waals surface area contributed by atoms with Crippen molar-refractivity contribution < 1.29 is 0 Å². The van der Waals surface area contributed by atoms with Gasteiger partial charge in [0.15, 0.2) is 0 Å². The first kappa shape index (κ1) is 24.1. The third-order valence-electron chi connectivity index (χ3n) is 5.32. The van der Waals surface area contributed by atoms with E-state index in [2.05, 4.69) is 63.6 Å². The summed E-state index contributed by atoms with van der Waals surface area (Å²) >= 11 is 0. The second-order valence-corrected chi connectivity index (χ2v) is 7.75. The van der Waals surface area contributed by atoms with Crippen molar-refractivity contribution in [1.82, 2.24) is 0 Å². The van der Waals surface area contributed by atoms with E-state index in [1.165, 1.54) is 75.5 Å². The molecular formula is C23H40ClN. The Morgan fingerprint density at radius 1 is 0.880 bits per heavy atom. The molecule has 0 atom stereocenters. The molecule has 0 saturated carbocycles. The molecule has 2 heteroatoms. The zero-order chi connectivity index (χ0) is 17.8. The van der Waals surface area contributed by atoms with Crippen LogP contribution in [0.5, 0.6) is 0 Å². The molecule has 144 valence electrons. The van der Waals surface area contributed by atoms with E-state index < -0.39 is 0 Å². The molecule has 0 heterocycles. The molecule has 0 aromatic heterocycles. The van der Waals surface area contributed by atoms with Crippen LogP contribution in [-0.4, -0.2) is 12.6 Å². The lowest BCUT2D eigenvalue weighted by Gasteiger charge is -2.38. The van der Waals surface area contributed by atoms with E-state index in [1.807, 2.05) is 6.08 Å². The minimum Gasteiger partial charge on any atom is -0.369 e. The summed E-state index contributed by atoms with van der Waals surface area (Å²) in [6, 6.07) is 8.70. The zero-order valence-electron chi connectivity index (χ0n) is 17.0. The molecule has 0 radical (unpaired) electrons. The van der Waals surface area contributed by atoms with E-state index >= 15 is 0 Å². The smallest absolute Gasteiger partial charge is 0.0368 e. The van der Waals surface area contributed by atoms with Gasteiger partial charge >= 0.3 is 0 Å². The number of hydrogen-bond donors (Lipinski definition) is 0. The lowest BCUT2D eigenvalue weighted by molar-refractivity contribution is 0.420. The first-order valence-corrected chi connectivity index (χ1v) is 9.97. The van der Waals surface area contributed by atoms with Crippen LogP contribution in [0, 0.1) is 0 Å². The molecule has 0 spiro atoms. The normalized spacial score (nSPS) is 11.0. The maximum atomic E-state index is 3.83. The molecule has 0 bridgehead atoms. The Morgan fingerprint density at radius 2 is 1.36 bits per heavy atom. The van der Waals surface area contributed by atoms with Crippen LogP contribution in [0.2, 0.25) is 0 Å². The lowest BCUT2D eigenvalue weighted by atomic mass is 9.93. The van der Waals surface area contributed by atoms with E-state index in [9.17, 15) is 0 Å². The van der Waals surface area contributed by atoms with Gasteiger partial charge in [-0.05, 0) is 38.0 Å². The van der Waals surface area contributed by atoms with Crippen LogP contribution >= 0.6 is 12.4 Å². The molecule has 25 heavy (non-hydrogen) atoms. The first-order valence-electron chi connectivity index (χ1n) is 9.97. The quantitative estimate of drug-likeness (QED) is 0.321. The number of hydrogen-bond acceptors (Lipinski definition) is 1. The molecule has 0 unspecified atom stereocenters. The third-order valence-corrected chi connectivity index (χ3v) is 5.32. The van der Waals surface area contributed by atoms with Crippen LogP contribution in [0.25, 0.3) is 6.08 Å². The van der Waals surface area contributed by atoms with Gasteiger partial charge < -0.3 is 4.90 Å². The first-order chi connectivity index (χ1) is 11.5. The van der Waals surface area contributed by atoms with Crippen molar-refractivity contribution in [2.24, 2.45) is 0 Å². The van der Waals surface area contributed by atoms with Crippen molar-refractivity contribution in [3.05, 3.63) is 36.4 Å². The van der Waals surface area contributed by atoms with E-state index in [-0.39, 0.29) is 17.9 Å². The Bertz CT molecular complexity index is 450. The Labute approximate surface area is 163 Å². The summed E-state index contributed by atoms with van der Waals surface area (Å²) in [5, 5.41) is 0. The summed E-state index contributed by atoms with van der Waals surface area (Å²) in [6.45, 7) is 10.8. The monoisotopic (exact) mass is 365 g/mol. The van der Waals surface area contributed by atoms with Crippen molar-refractivity contribution in [3.63, 3.8) is 0 Å². The fourth-order valence-electron chi connectivity index (χ4n) is 3.22. The van der Waals surface area contributed by atoms with Crippen LogP contribution < -0.4 is 4.90 Å². The molecule has 1 aromatic carbocycles. The molecule has 0 N–H and O–H groups in total. The third kappa shape index (κ3) is 9.35. The molecule has 1 rings (SSSR count). The number of nitrogens with zero attached hydrogens (tertiary/aromatic N) is 1. The number of anilines is 1. The highest BCUT2D eigenvalue weighted by atomic mass is 35.5. The van der Waals surface area contributed by atoms with Crippen molar-refractivity contribution >= 4 is 24.2 Å². The molecule has 0 aliphatic carbocycles. The van der Waals surface area contributed by atoms with Crippen LogP contribution in [0.4, 0.5) is 5.69 Å². The highest BCUT2D eigenvalue weighted by molar-refractivity contribution is 5.85. The molecule has 0 aliphatic heterocycles. The Hall–Kier alpha value is -0.950. The van der Waals surface area contributed by atoms with Crippen LogP contribution in [0.15, 0.2) is 30.8 Å². The maximum Gasteiger partial charge on any atom is 0.0368 e. The fourth-order valence-corrected chi connectivity index (χ4v) is 3.22. The summed E-state index contributed by atoms with van der Waals surface area (Å²) in [5.74, 6) is 0. The molecule has 0 aliphatic rings. The fraction of sp³-hybridized carbons (Fsp3) is 0.652. The molecule has 1 nitrogen and oxygen atoms in total. The average molecular weight is 366 g/mol. The molecule has 0 saturated heterocycles. The minimum absolute atomic E-state index is 0. The van der Waals surface area contributed by atoms with Gasteiger partial charge in [-0.15, -0.1) is 12.4 Å². The van der Waals surface area contributed by atoms with Gasteiger partial charge in [-0.3, -0.25) is 0 Å². The average Bonchev–Trinajstić information content (AvgIpc) is 2.59. The van der Waals surface area contributed by atoms with Gasteiger partial charge in [0.2, 0.25) is 0 Å². The SMILES string of the molecule is C=Cc1ccc(N(C)C(C)(C)CCCCCCCCCCC)cc1.Cl. The zero-order valence-corrected chi connectivity index (χ0v) is 17.8. The second kappa shape index (κ2) is 13.3. The summed E-state index contributed by atoms with van der Waals surface area (Å²) < 4.78 is 0. The van der Waals surface area contributed by atoms with Gasteiger partial charge in [-0.1, -0.05) is 89.5 Å². The topological polar surface area (TPSA) is 3.24 Å². The number of halogens is 1. The second-order valence-electron chi connectivity index (χ2n) is 7.75. The standard InChI is InChI=1S/C23H39N.ClH/c1-6-8-9-10-11-12-13-14-15-20-23(3,4)24(5)22-18-16-21(7-2)17-19-22;/h7,16-19H,2,6,8-15,20H2,1,3-5H3;1H. The summed E-state index contributed by atoms with van der Waals surface area (Å²) in [7, 11) is 2.22. The van der Waals surface area contributed by atoms with Crippen molar-refractivity contribution in [2.75, 3.05) is 11.9 Å². The van der Waals surface area contributed by atoms with Crippen LogP contribution in [0.1, 0.15) is 90.5 Å². The number of benzene rings is 1. The minimum atomic E-state index is 0. The van der Waals surface area contributed by atoms with Gasteiger partial charge in [-0.25, -0.2) is 0 Å². The van der Waals surface area contributed by atoms with Gasteiger partial charge in [0, 0.05) is 18.3 Å². The largest absolute Gasteiger partial charge is 0.369 e. The van der Waals surface area contributed by atoms with Crippen molar-refractivity contribution in [3.8, 4) is 0 Å². The molecule has 1 aromatic rings. The number of unbranched alkanes of at least 4 members (excludes halogenated alkanes) is 8. The van der Waals surface area contributed by atoms with Crippen LogP contribution in [-0.2, 0) is 0 Å². The Kier molecular flexibility index (Phi) is 12.8. The van der Waals surface area contributed by atoms with E-state index in [0.717, 1.165) is 0 Å². The summed E-state index contributed by atoms with van der Waals surface area (Å²) in [5.41, 5.74) is 2.68. The molecular weight excluding hydrogens is 326 g/mol. The molecule has 0 amide bonds. The van der Waals surface area contributed by atoms with Crippen LogP contribution in [0.3, 0.4) is 0 Å². The Balaban J connectivity index is 0.00000576. The number of rotatable bonds is 13. The van der Waals surface area contributed by atoms with E-state index in [4.69, 9.17) is 0 Å². The van der Waals surface area contributed by atoms with E-state index in [1.54, 1.807) is 0 Å². The lowest BCUT2D eigenvalue weighted by Crippen LogP contribution is -2.41. The predicted molar refractivity (Wildman–Crippen MR) is 118 cm³/mol.